The first-order chi connectivity index (χ1) is 8.71. The molecule has 0 spiro atoms. The first-order valence-electron chi connectivity index (χ1n) is 5.59. The first kappa shape index (κ1) is 14.7. The van der Waals surface area contributed by atoms with E-state index in [1.165, 1.54) is 13.4 Å². The highest BCUT2D eigenvalue weighted by Gasteiger charge is 2.11. The summed E-state index contributed by atoms with van der Waals surface area (Å²) in [6.45, 7) is 1.67. The highest BCUT2D eigenvalue weighted by Crippen LogP contribution is 2.08. The van der Waals surface area contributed by atoms with Gasteiger partial charge in [0.2, 0.25) is 0 Å². The van der Waals surface area contributed by atoms with E-state index in [2.05, 4.69) is 10.1 Å². The normalized spacial score (nSPS) is 12.4. The predicted molar refractivity (Wildman–Crippen MR) is 64.4 cm³/mol. The Morgan fingerprint density at radius 3 is 2.83 bits per heavy atom. The Morgan fingerprint density at radius 1 is 1.44 bits per heavy atom. The van der Waals surface area contributed by atoms with Crippen LogP contribution in [0.15, 0.2) is 16.7 Å². The lowest BCUT2D eigenvalue weighted by Crippen LogP contribution is -2.31. The molecule has 0 aromatic carbocycles. The van der Waals surface area contributed by atoms with Gasteiger partial charge in [0.15, 0.2) is 0 Å². The van der Waals surface area contributed by atoms with Crippen molar-refractivity contribution in [1.29, 1.82) is 0 Å². The minimum atomic E-state index is -0.404. The van der Waals surface area contributed by atoms with Crippen LogP contribution < -0.4 is 5.32 Å². The van der Waals surface area contributed by atoms with Gasteiger partial charge >= 0.3 is 5.97 Å². The van der Waals surface area contributed by atoms with Crippen molar-refractivity contribution in [2.24, 2.45) is 0 Å². The molecule has 0 bridgehead atoms. The van der Waals surface area contributed by atoms with E-state index in [0.717, 1.165) is 0 Å². The zero-order chi connectivity index (χ0) is 13.4. The lowest BCUT2D eigenvalue weighted by Gasteiger charge is -2.14. The van der Waals surface area contributed by atoms with Gasteiger partial charge in [0.05, 0.1) is 31.9 Å². The number of hydrogen-bond acceptors (Lipinski definition) is 6. The number of nitrogens with one attached hydrogen (secondary N) is 1. The second-order valence-electron chi connectivity index (χ2n) is 3.74. The summed E-state index contributed by atoms with van der Waals surface area (Å²) in [5.41, 5.74) is 0.412. The van der Waals surface area contributed by atoms with E-state index >= 15 is 0 Å². The van der Waals surface area contributed by atoms with Gasteiger partial charge in [-0.25, -0.2) is 4.79 Å². The zero-order valence-electron chi connectivity index (χ0n) is 10.9. The van der Waals surface area contributed by atoms with Crippen LogP contribution in [0.2, 0.25) is 0 Å². The molecule has 0 saturated heterocycles. The molecule has 6 heteroatoms. The number of rotatable bonds is 8. The van der Waals surface area contributed by atoms with E-state index in [-0.39, 0.29) is 6.10 Å². The van der Waals surface area contributed by atoms with Gasteiger partial charge in [0.25, 0.3) is 0 Å². The predicted octanol–water partition coefficient (Wildman–Crippen LogP) is 0.817. The highest BCUT2D eigenvalue weighted by atomic mass is 16.5. The lowest BCUT2D eigenvalue weighted by atomic mass is 10.3. The molecule has 6 nitrogen and oxygen atoms in total. The van der Waals surface area contributed by atoms with Gasteiger partial charge in [-0.3, -0.25) is 0 Å². The van der Waals surface area contributed by atoms with Crippen molar-refractivity contribution in [3.63, 3.8) is 0 Å². The molecule has 0 aliphatic heterocycles. The van der Waals surface area contributed by atoms with Crippen molar-refractivity contribution in [3.8, 4) is 0 Å². The minimum Gasteiger partial charge on any atom is -0.467 e. The number of carbonyl (C=O) groups excluding carboxylic acids is 1. The van der Waals surface area contributed by atoms with Gasteiger partial charge in [-0.15, -0.1) is 0 Å². The molecule has 1 atom stereocenters. The minimum absolute atomic E-state index is 0.00922. The summed E-state index contributed by atoms with van der Waals surface area (Å²) in [6.07, 6.45) is 1.37. The van der Waals surface area contributed by atoms with E-state index in [1.54, 1.807) is 20.3 Å². The summed E-state index contributed by atoms with van der Waals surface area (Å²) in [4.78, 5) is 11.2. The molecule has 1 unspecified atom stereocenters. The Morgan fingerprint density at radius 2 is 2.22 bits per heavy atom. The molecule has 0 saturated carbocycles. The summed E-state index contributed by atoms with van der Waals surface area (Å²) in [7, 11) is 4.59. The Bertz CT molecular complexity index is 363. The SMILES string of the molecule is COCC(CNCc1cc(C(=O)OC)co1)OC. The van der Waals surface area contributed by atoms with Gasteiger partial charge in [-0.1, -0.05) is 0 Å². The van der Waals surface area contributed by atoms with E-state index in [9.17, 15) is 4.79 Å². The van der Waals surface area contributed by atoms with Crippen molar-refractivity contribution in [3.05, 3.63) is 23.7 Å². The molecule has 0 amide bonds. The van der Waals surface area contributed by atoms with Crippen LogP contribution >= 0.6 is 0 Å². The third-order valence-corrected chi connectivity index (χ3v) is 2.43. The molecule has 1 rings (SSSR count). The van der Waals surface area contributed by atoms with Crippen LogP contribution in [0.1, 0.15) is 16.1 Å². The average Bonchev–Trinajstić information content (AvgIpc) is 2.85. The summed E-state index contributed by atoms with van der Waals surface area (Å²) >= 11 is 0. The van der Waals surface area contributed by atoms with Crippen LogP contribution in [-0.4, -0.2) is 46.6 Å². The quantitative estimate of drug-likeness (QED) is 0.695. The number of furan rings is 1. The van der Waals surface area contributed by atoms with Crippen molar-refractivity contribution < 1.29 is 23.4 Å². The molecule has 0 aliphatic rings. The van der Waals surface area contributed by atoms with Gasteiger partial charge in [0.1, 0.15) is 12.0 Å². The van der Waals surface area contributed by atoms with Crippen molar-refractivity contribution in [2.75, 3.05) is 34.5 Å². The molecule has 1 heterocycles. The lowest BCUT2D eigenvalue weighted by molar-refractivity contribution is 0.0285. The fraction of sp³-hybridized carbons (Fsp3) is 0.583. The van der Waals surface area contributed by atoms with E-state index in [1.807, 2.05) is 0 Å². The Hall–Kier alpha value is -1.37. The maximum atomic E-state index is 11.2. The third kappa shape index (κ3) is 4.48. The van der Waals surface area contributed by atoms with Crippen molar-refractivity contribution in [2.45, 2.75) is 12.6 Å². The summed E-state index contributed by atoms with van der Waals surface area (Å²) in [5.74, 6) is 0.266. The summed E-state index contributed by atoms with van der Waals surface area (Å²) in [6, 6.07) is 1.65. The molecular weight excluding hydrogens is 238 g/mol. The van der Waals surface area contributed by atoms with Crippen LogP contribution in [0.3, 0.4) is 0 Å². The summed E-state index contributed by atoms with van der Waals surface area (Å²) < 4.78 is 20.0. The van der Waals surface area contributed by atoms with Gasteiger partial charge in [0, 0.05) is 20.8 Å². The monoisotopic (exact) mass is 257 g/mol. The van der Waals surface area contributed by atoms with E-state index < -0.39 is 5.97 Å². The first-order valence-corrected chi connectivity index (χ1v) is 5.59. The number of hydrogen-bond donors (Lipinski definition) is 1. The largest absolute Gasteiger partial charge is 0.467 e. The maximum absolute atomic E-state index is 11.2. The Kier molecular flexibility index (Phi) is 6.42. The van der Waals surface area contributed by atoms with Crippen LogP contribution in [0, 0.1) is 0 Å². The smallest absolute Gasteiger partial charge is 0.341 e. The highest BCUT2D eigenvalue weighted by molar-refractivity contribution is 5.88. The van der Waals surface area contributed by atoms with Crippen molar-refractivity contribution >= 4 is 5.97 Å². The van der Waals surface area contributed by atoms with Crippen molar-refractivity contribution in [1.82, 2.24) is 5.32 Å². The molecule has 0 fully saturated rings. The fourth-order valence-electron chi connectivity index (χ4n) is 1.45. The number of ether oxygens (including phenoxy) is 3. The Labute approximate surface area is 106 Å². The third-order valence-electron chi connectivity index (χ3n) is 2.43. The fourth-order valence-corrected chi connectivity index (χ4v) is 1.45. The molecule has 1 aromatic heterocycles. The van der Waals surface area contributed by atoms with Gasteiger partial charge < -0.3 is 23.9 Å². The van der Waals surface area contributed by atoms with Gasteiger partial charge in [-0.05, 0) is 6.07 Å². The molecule has 1 N–H and O–H groups in total. The zero-order valence-corrected chi connectivity index (χ0v) is 10.9. The number of carbonyl (C=O) groups is 1. The maximum Gasteiger partial charge on any atom is 0.341 e. The second kappa shape index (κ2) is 7.86. The van der Waals surface area contributed by atoms with E-state index in [0.29, 0.717) is 31.0 Å². The number of methoxy groups -OCH3 is 3. The molecule has 102 valence electrons. The van der Waals surface area contributed by atoms with Gasteiger partial charge in [-0.2, -0.15) is 0 Å². The number of esters is 1. The molecule has 0 radical (unpaired) electrons. The van der Waals surface area contributed by atoms with E-state index in [4.69, 9.17) is 13.9 Å². The van der Waals surface area contributed by atoms with Crippen LogP contribution in [-0.2, 0) is 20.8 Å². The molecule has 18 heavy (non-hydrogen) atoms. The molecule has 1 aromatic rings. The topological polar surface area (TPSA) is 69.9 Å². The molecular formula is C12H19NO5. The Balaban J connectivity index is 2.35. The second-order valence-corrected chi connectivity index (χ2v) is 3.74. The van der Waals surface area contributed by atoms with Crippen LogP contribution in [0.25, 0.3) is 0 Å². The van der Waals surface area contributed by atoms with Crippen LogP contribution in [0.5, 0.6) is 0 Å². The molecule has 0 aliphatic carbocycles. The standard InChI is InChI=1S/C12H19NO5/c1-15-8-11(16-2)6-13-5-10-4-9(7-18-10)12(14)17-3/h4,7,11,13H,5-6,8H2,1-3H3. The summed E-state index contributed by atoms with van der Waals surface area (Å²) in [5, 5.41) is 3.16. The average molecular weight is 257 g/mol. The van der Waals surface area contributed by atoms with Crippen LogP contribution in [0.4, 0.5) is 0 Å².